The molecule has 0 spiro atoms. The Kier molecular flexibility index (Phi) is 3.73. The minimum absolute atomic E-state index is 0. The maximum atomic E-state index is 11.3. The van der Waals surface area contributed by atoms with Crippen molar-refractivity contribution in [2.24, 2.45) is 0 Å². The van der Waals surface area contributed by atoms with Gasteiger partial charge in [-0.2, -0.15) is 0 Å². The van der Waals surface area contributed by atoms with E-state index in [4.69, 9.17) is 4.74 Å². The van der Waals surface area contributed by atoms with Crippen molar-refractivity contribution in [2.75, 3.05) is 14.2 Å². The summed E-state index contributed by atoms with van der Waals surface area (Å²) in [5.41, 5.74) is 1.10. The Bertz CT molecular complexity index is 510. The summed E-state index contributed by atoms with van der Waals surface area (Å²) in [5.74, 6) is 0.145. The van der Waals surface area contributed by atoms with Gasteiger partial charge in [-0.3, -0.25) is 0 Å². The molecule has 6 heteroatoms. The van der Waals surface area contributed by atoms with Crippen LogP contribution in [0.15, 0.2) is 24.7 Å². The molecule has 0 bridgehead atoms. The van der Waals surface area contributed by atoms with Crippen molar-refractivity contribution < 1.29 is 14.3 Å². The van der Waals surface area contributed by atoms with Crippen LogP contribution in [-0.2, 0) is 4.74 Å². The smallest absolute Gasteiger partial charge is 0.339 e. The summed E-state index contributed by atoms with van der Waals surface area (Å²) >= 11 is 0. The van der Waals surface area contributed by atoms with Gasteiger partial charge in [0.05, 0.1) is 19.8 Å². The molecule has 2 aromatic heterocycles. The SMILES string of the molecule is COC(=O)c1cc(OC)c2nccn2c1.Cl. The van der Waals surface area contributed by atoms with Gasteiger partial charge in [-0.1, -0.05) is 0 Å². The number of halogens is 1. The van der Waals surface area contributed by atoms with Crippen molar-refractivity contribution in [1.82, 2.24) is 9.38 Å². The molecule has 0 aliphatic heterocycles. The van der Waals surface area contributed by atoms with E-state index in [1.54, 1.807) is 29.1 Å². The quantitative estimate of drug-likeness (QED) is 0.750. The number of aromatic nitrogens is 2. The third-order valence-corrected chi connectivity index (χ3v) is 2.09. The van der Waals surface area contributed by atoms with Crippen LogP contribution in [0.25, 0.3) is 5.65 Å². The van der Waals surface area contributed by atoms with E-state index in [9.17, 15) is 4.79 Å². The summed E-state index contributed by atoms with van der Waals surface area (Å²) in [5, 5.41) is 0. The van der Waals surface area contributed by atoms with Gasteiger partial charge < -0.3 is 13.9 Å². The molecule has 5 nitrogen and oxygen atoms in total. The highest BCUT2D eigenvalue weighted by Gasteiger charge is 2.11. The number of fused-ring (bicyclic) bond motifs is 1. The van der Waals surface area contributed by atoms with Crippen LogP contribution in [0.5, 0.6) is 5.75 Å². The Morgan fingerprint density at radius 3 is 2.81 bits per heavy atom. The predicted octanol–water partition coefficient (Wildman–Crippen LogP) is 1.55. The lowest BCUT2D eigenvalue weighted by Crippen LogP contribution is -2.04. The summed E-state index contributed by atoms with van der Waals surface area (Å²) in [7, 11) is 2.87. The molecule has 2 rings (SSSR count). The van der Waals surface area contributed by atoms with Gasteiger partial charge in [-0.05, 0) is 6.07 Å². The predicted molar refractivity (Wildman–Crippen MR) is 60.3 cm³/mol. The monoisotopic (exact) mass is 242 g/mol. The largest absolute Gasteiger partial charge is 0.493 e. The van der Waals surface area contributed by atoms with Crippen LogP contribution < -0.4 is 4.74 Å². The summed E-state index contributed by atoms with van der Waals surface area (Å²) < 4.78 is 11.5. The van der Waals surface area contributed by atoms with E-state index in [0.29, 0.717) is 17.0 Å². The number of carbonyl (C=O) groups excluding carboxylic acids is 1. The molecule has 0 saturated heterocycles. The summed E-state index contributed by atoms with van der Waals surface area (Å²) in [4.78, 5) is 15.4. The molecule has 2 aromatic rings. The molecular formula is C10H11ClN2O3. The average Bonchev–Trinajstić information content (AvgIpc) is 2.74. The second kappa shape index (κ2) is 4.85. The van der Waals surface area contributed by atoms with Crippen molar-refractivity contribution in [2.45, 2.75) is 0 Å². The molecule has 0 radical (unpaired) electrons. The van der Waals surface area contributed by atoms with E-state index >= 15 is 0 Å². The van der Waals surface area contributed by atoms with Crippen molar-refractivity contribution in [1.29, 1.82) is 0 Å². The van der Waals surface area contributed by atoms with Gasteiger partial charge in [0.2, 0.25) is 0 Å². The first-order valence-corrected chi connectivity index (χ1v) is 4.35. The Morgan fingerprint density at radius 1 is 1.44 bits per heavy atom. The maximum absolute atomic E-state index is 11.3. The van der Waals surface area contributed by atoms with Crippen molar-refractivity contribution in [3.8, 4) is 5.75 Å². The zero-order valence-electron chi connectivity index (χ0n) is 8.84. The van der Waals surface area contributed by atoms with E-state index in [-0.39, 0.29) is 12.4 Å². The average molecular weight is 243 g/mol. The number of ether oxygens (including phenoxy) is 2. The minimum Gasteiger partial charge on any atom is -0.493 e. The van der Waals surface area contributed by atoms with E-state index < -0.39 is 5.97 Å². The Labute approximate surface area is 98.4 Å². The van der Waals surface area contributed by atoms with Gasteiger partial charge in [0, 0.05) is 18.6 Å². The number of rotatable bonds is 2. The number of hydrogen-bond donors (Lipinski definition) is 0. The number of nitrogens with zero attached hydrogens (tertiary/aromatic N) is 2. The second-order valence-corrected chi connectivity index (χ2v) is 2.95. The summed E-state index contributed by atoms with van der Waals surface area (Å²) in [6.07, 6.45) is 5.03. The van der Waals surface area contributed by atoms with Crippen LogP contribution in [0.3, 0.4) is 0 Å². The van der Waals surface area contributed by atoms with Crippen LogP contribution in [0.4, 0.5) is 0 Å². The van der Waals surface area contributed by atoms with Crippen molar-refractivity contribution >= 4 is 24.0 Å². The number of pyridine rings is 1. The molecular weight excluding hydrogens is 232 g/mol. The molecule has 0 saturated carbocycles. The maximum Gasteiger partial charge on any atom is 0.339 e. The summed E-state index contributed by atoms with van der Waals surface area (Å²) in [6, 6.07) is 1.61. The summed E-state index contributed by atoms with van der Waals surface area (Å²) in [6.45, 7) is 0. The third kappa shape index (κ3) is 1.94. The highest BCUT2D eigenvalue weighted by Crippen LogP contribution is 2.20. The van der Waals surface area contributed by atoms with Gasteiger partial charge in [-0.15, -0.1) is 12.4 Å². The highest BCUT2D eigenvalue weighted by atomic mass is 35.5. The lowest BCUT2D eigenvalue weighted by molar-refractivity contribution is 0.0599. The molecule has 0 fully saturated rings. The lowest BCUT2D eigenvalue weighted by atomic mass is 10.2. The van der Waals surface area contributed by atoms with Gasteiger partial charge in [0.1, 0.15) is 0 Å². The van der Waals surface area contributed by atoms with Crippen molar-refractivity contribution in [3.63, 3.8) is 0 Å². The first-order chi connectivity index (χ1) is 7.26. The molecule has 86 valence electrons. The van der Waals surface area contributed by atoms with Crippen LogP contribution in [0.1, 0.15) is 10.4 Å². The fraction of sp³-hybridized carbons (Fsp3) is 0.200. The first-order valence-electron chi connectivity index (χ1n) is 4.35. The molecule has 0 amide bonds. The van der Waals surface area contributed by atoms with Gasteiger partial charge in [-0.25, -0.2) is 9.78 Å². The van der Waals surface area contributed by atoms with Crippen LogP contribution in [-0.4, -0.2) is 29.6 Å². The zero-order valence-corrected chi connectivity index (χ0v) is 9.65. The molecule has 0 unspecified atom stereocenters. The number of hydrogen-bond acceptors (Lipinski definition) is 4. The topological polar surface area (TPSA) is 52.8 Å². The van der Waals surface area contributed by atoms with Crippen LogP contribution >= 0.6 is 12.4 Å². The van der Waals surface area contributed by atoms with E-state index in [0.717, 1.165) is 0 Å². The molecule has 0 aliphatic rings. The molecule has 0 atom stereocenters. The number of methoxy groups -OCH3 is 2. The van der Waals surface area contributed by atoms with Crippen molar-refractivity contribution in [3.05, 3.63) is 30.2 Å². The minimum atomic E-state index is -0.399. The highest BCUT2D eigenvalue weighted by molar-refractivity contribution is 5.90. The van der Waals surface area contributed by atoms with Gasteiger partial charge >= 0.3 is 5.97 Å². The van der Waals surface area contributed by atoms with Gasteiger partial charge in [0.25, 0.3) is 0 Å². The molecule has 2 heterocycles. The second-order valence-electron chi connectivity index (χ2n) is 2.95. The van der Waals surface area contributed by atoms with E-state index in [1.807, 2.05) is 0 Å². The van der Waals surface area contributed by atoms with Crippen LogP contribution in [0, 0.1) is 0 Å². The fourth-order valence-electron chi connectivity index (χ4n) is 1.38. The lowest BCUT2D eigenvalue weighted by Gasteiger charge is -2.05. The fourth-order valence-corrected chi connectivity index (χ4v) is 1.38. The number of imidazole rings is 1. The third-order valence-electron chi connectivity index (χ3n) is 2.09. The normalized spacial score (nSPS) is 9.62. The Hall–Kier alpha value is -1.75. The number of carbonyl (C=O) groups is 1. The Balaban J connectivity index is 0.00000128. The van der Waals surface area contributed by atoms with Crippen LogP contribution in [0.2, 0.25) is 0 Å². The van der Waals surface area contributed by atoms with E-state index in [2.05, 4.69) is 9.72 Å². The number of esters is 1. The standard InChI is InChI=1S/C10H10N2O3.ClH/c1-14-8-5-7(10(13)15-2)6-12-4-3-11-9(8)12;/h3-6H,1-2H3;1H. The molecule has 16 heavy (non-hydrogen) atoms. The first kappa shape index (κ1) is 12.3. The molecule has 0 aliphatic carbocycles. The zero-order chi connectivity index (χ0) is 10.8. The molecule has 0 aromatic carbocycles. The van der Waals surface area contributed by atoms with Gasteiger partial charge in [0.15, 0.2) is 11.4 Å². The Morgan fingerprint density at radius 2 is 2.19 bits per heavy atom. The van der Waals surface area contributed by atoms with E-state index in [1.165, 1.54) is 14.2 Å². The molecule has 0 N–H and O–H groups in total.